The van der Waals surface area contributed by atoms with Crippen LogP contribution in [0.1, 0.15) is 38.2 Å². The van der Waals surface area contributed by atoms with E-state index in [-0.39, 0.29) is 17.5 Å². The molecule has 0 radical (unpaired) electrons. The molecule has 0 saturated heterocycles. The largest absolute Gasteiger partial charge is 0.464 e. The molecule has 1 aliphatic carbocycles. The molecule has 1 aliphatic rings. The molecule has 1 fully saturated rings. The number of nitrogens with one attached hydrogen (secondary N) is 2. The Labute approximate surface area is 126 Å². The van der Waals surface area contributed by atoms with Crippen LogP contribution in [0, 0.1) is 6.92 Å². The maximum Gasteiger partial charge on any atom is 0.244 e. The SMILES string of the molecule is Cc1oc(CNC2CC2)cc1S(=O)(=O)NCCOC(C)C. The van der Waals surface area contributed by atoms with Crippen LogP contribution in [-0.4, -0.2) is 33.7 Å². The summed E-state index contributed by atoms with van der Waals surface area (Å²) in [5.74, 6) is 1.07. The molecule has 1 saturated carbocycles. The first-order valence-electron chi connectivity index (χ1n) is 7.32. The van der Waals surface area contributed by atoms with Crippen LogP contribution in [0.25, 0.3) is 0 Å². The van der Waals surface area contributed by atoms with Gasteiger partial charge in [-0.05, 0) is 33.6 Å². The Morgan fingerprint density at radius 1 is 1.43 bits per heavy atom. The molecule has 7 heteroatoms. The van der Waals surface area contributed by atoms with Gasteiger partial charge in [0.25, 0.3) is 0 Å². The predicted octanol–water partition coefficient (Wildman–Crippen LogP) is 1.54. The zero-order valence-electron chi connectivity index (χ0n) is 12.8. The summed E-state index contributed by atoms with van der Waals surface area (Å²) in [4.78, 5) is 0.208. The first kappa shape index (κ1) is 16.5. The van der Waals surface area contributed by atoms with Crippen LogP contribution in [0.3, 0.4) is 0 Å². The second kappa shape index (κ2) is 6.91. The van der Waals surface area contributed by atoms with Crippen LogP contribution < -0.4 is 10.0 Å². The highest BCUT2D eigenvalue weighted by molar-refractivity contribution is 7.89. The van der Waals surface area contributed by atoms with Crippen molar-refractivity contribution < 1.29 is 17.6 Å². The number of aryl methyl sites for hydroxylation is 1. The van der Waals surface area contributed by atoms with Crippen LogP contribution in [0.5, 0.6) is 0 Å². The highest BCUT2D eigenvalue weighted by Crippen LogP contribution is 2.22. The number of sulfonamides is 1. The van der Waals surface area contributed by atoms with Crippen molar-refractivity contribution in [3.8, 4) is 0 Å². The molecule has 0 atom stereocenters. The van der Waals surface area contributed by atoms with Gasteiger partial charge in [0.15, 0.2) is 0 Å². The van der Waals surface area contributed by atoms with Crippen molar-refractivity contribution in [1.82, 2.24) is 10.0 Å². The molecule has 120 valence electrons. The number of hydrogen-bond acceptors (Lipinski definition) is 5. The van der Waals surface area contributed by atoms with Gasteiger partial charge < -0.3 is 14.5 Å². The van der Waals surface area contributed by atoms with Gasteiger partial charge in [0.1, 0.15) is 16.4 Å². The fraction of sp³-hybridized carbons (Fsp3) is 0.714. The minimum Gasteiger partial charge on any atom is -0.464 e. The Morgan fingerprint density at radius 2 is 2.14 bits per heavy atom. The second-order valence-corrected chi connectivity index (χ2v) is 7.34. The third kappa shape index (κ3) is 5.10. The Morgan fingerprint density at radius 3 is 2.76 bits per heavy atom. The lowest BCUT2D eigenvalue weighted by molar-refractivity contribution is 0.0834. The molecule has 0 spiro atoms. The lowest BCUT2D eigenvalue weighted by Crippen LogP contribution is -2.28. The second-order valence-electron chi connectivity index (χ2n) is 5.61. The first-order chi connectivity index (χ1) is 9.88. The summed E-state index contributed by atoms with van der Waals surface area (Å²) in [7, 11) is -3.54. The predicted molar refractivity (Wildman–Crippen MR) is 79.6 cm³/mol. The van der Waals surface area contributed by atoms with Crippen molar-refractivity contribution in [2.24, 2.45) is 0 Å². The Balaban J connectivity index is 1.91. The molecule has 21 heavy (non-hydrogen) atoms. The summed E-state index contributed by atoms with van der Waals surface area (Å²) >= 11 is 0. The quantitative estimate of drug-likeness (QED) is 0.676. The molecule has 0 aliphatic heterocycles. The first-order valence-corrected chi connectivity index (χ1v) is 8.81. The number of hydrogen-bond donors (Lipinski definition) is 2. The van der Waals surface area contributed by atoms with Gasteiger partial charge in [0.05, 0.1) is 19.3 Å². The van der Waals surface area contributed by atoms with Crippen molar-refractivity contribution in [2.45, 2.75) is 57.2 Å². The van der Waals surface area contributed by atoms with E-state index in [1.165, 1.54) is 12.8 Å². The van der Waals surface area contributed by atoms with Gasteiger partial charge in [0, 0.05) is 18.7 Å². The molecular weight excluding hydrogens is 292 g/mol. The molecule has 0 aromatic carbocycles. The van der Waals surface area contributed by atoms with Gasteiger partial charge in [0.2, 0.25) is 10.0 Å². The average molecular weight is 316 g/mol. The summed E-state index contributed by atoms with van der Waals surface area (Å²) < 4.78 is 37.8. The molecule has 2 N–H and O–H groups in total. The van der Waals surface area contributed by atoms with E-state index >= 15 is 0 Å². The molecule has 1 heterocycles. The fourth-order valence-corrected chi connectivity index (χ4v) is 3.17. The van der Waals surface area contributed by atoms with Crippen LogP contribution >= 0.6 is 0 Å². The molecule has 0 bridgehead atoms. The number of furan rings is 1. The van der Waals surface area contributed by atoms with E-state index in [9.17, 15) is 8.42 Å². The fourth-order valence-electron chi connectivity index (χ4n) is 1.96. The molecular formula is C14H24N2O4S. The lowest BCUT2D eigenvalue weighted by Gasteiger charge is -2.08. The van der Waals surface area contributed by atoms with Crippen molar-refractivity contribution in [2.75, 3.05) is 13.2 Å². The van der Waals surface area contributed by atoms with Crippen molar-refractivity contribution in [3.63, 3.8) is 0 Å². The topological polar surface area (TPSA) is 80.6 Å². The van der Waals surface area contributed by atoms with E-state index in [4.69, 9.17) is 9.15 Å². The maximum atomic E-state index is 12.2. The van der Waals surface area contributed by atoms with E-state index in [0.29, 0.717) is 30.7 Å². The van der Waals surface area contributed by atoms with E-state index in [1.54, 1.807) is 13.0 Å². The minimum absolute atomic E-state index is 0.0882. The zero-order valence-corrected chi connectivity index (χ0v) is 13.6. The smallest absolute Gasteiger partial charge is 0.244 e. The summed E-state index contributed by atoms with van der Waals surface area (Å²) in [6.07, 6.45) is 2.45. The number of rotatable bonds is 9. The minimum atomic E-state index is -3.54. The van der Waals surface area contributed by atoms with Crippen molar-refractivity contribution in [1.29, 1.82) is 0 Å². The summed E-state index contributed by atoms with van der Waals surface area (Å²) in [6.45, 7) is 6.66. The van der Waals surface area contributed by atoms with E-state index in [2.05, 4.69) is 10.0 Å². The third-order valence-electron chi connectivity index (χ3n) is 3.20. The molecule has 6 nitrogen and oxygen atoms in total. The van der Waals surface area contributed by atoms with Gasteiger partial charge in [-0.2, -0.15) is 0 Å². The van der Waals surface area contributed by atoms with Gasteiger partial charge >= 0.3 is 0 Å². The molecule has 0 amide bonds. The Hall–Kier alpha value is -0.890. The van der Waals surface area contributed by atoms with Crippen molar-refractivity contribution >= 4 is 10.0 Å². The standard InChI is InChI=1S/C14H24N2O4S/c1-10(2)19-7-6-16-21(17,18)14-8-13(20-11(14)3)9-15-12-4-5-12/h8,10,12,15-16H,4-7,9H2,1-3H3. The highest BCUT2D eigenvalue weighted by Gasteiger charge is 2.23. The normalized spacial score (nSPS) is 15.8. The van der Waals surface area contributed by atoms with Gasteiger partial charge in [-0.25, -0.2) is 13.1 Å². The van der Waals surface area contributed by atoms with Crippen LogP contribution in [0.2, 0.25) is 0 Å². The van der Waals surface area contributed by atoms with Gasteiger partial charge in [-0.1, -0.05) is 0 Å². The summed E-state index contributed by atoms with van der Waals surface area (Å²) in [6, 6.07) is 2.15. The average Bonchev–Trinajstić information content (AvgIpc) is 3.14. The monoisotopic (exact) mass is 316 g/mol. The lowest BCUT2D eigenvalue weighted by atomic mass is 10.4. The molecule has 1 aromatic heterocycles. The number of ether oxygens (including phenoxy) is 1. The molecule has 2 rings (SSSR count). The zero-order chi connectivity index (χ0) is 15.5. The van der Waals surface area contributed by atoms with Gasteiger partial charge in [-0.3, -0.25) is 0 Å². The molecule has 1 aromatic rings. The summed E-state index contributed by atoms with van der Waals surface area (Å²) in [5.41, 5.74) is 0. The Kier molecular flexibility index (Phi) is 5.43. The van der Waals surface area contributed by atoms with E-state index < -0.39 is 10.0 Å². The van der Waals surface area contributed by atoms with Gasteiger partial charge in [-0.15, -0.1) is 0 Å². The summed E-state index contributed by atoms with van der Waals surface area (Å²) in [5, 5.41) is 3.30. The van der Waals surface area contributed by atoms with Crippen LogP contribution in [0.4, 0.5) is 0 Å². The van der Waals surface area contributed by atoms with Crippen LogP contribution in [-0.2, 0) is 21.3 Å². The van der Waals surface area contributed by atoms with E-state index in [0.717, 1.165) is 0 Å². The van der Waals surface area contributed by atoms with Crippen LogP contribution in [0.15, 0.2) is 15.4 Å². The highest BCUT2D eigenvalue weighted by atomic mass is 32.2. The maximum absolute atomic E-state index is 12.2. The van der Waals surface area contributed by atoms with E-state index in [1.807, 2.05) is 13.8 Å². The third-order valence-corrected chi connectivity index (χ3v) is 4.77. The van der Waals surface area contributed by atoms with Crippen molar-refractivity contribution in [3.05, 3.63) is 17.6 Å². The molecule has 0 unspecified atom stereocenters. The Bertz CT molecular complexity index is 562.